The minimum atomic E-state index is -0.639. The van der Waals surface area contributed by atoms with Gasteiger partial charge in [-0.3, -0.25) is 9.59 Å². The van der Waals surface area contributed by atoms with Crippen molar-refractivity contribution in [3.63, 3.8) is 0 Å². The quantitative estimate of drug-likeness (QED) is 0.867. The predicted octanol–water partition coefficient (Wildman–Crippen LogP) is 1.56. The molecule has 6 heteroatoms. The molecule has 0 bridgehead atoms. The summed E-state index contributed by atoms with van der Waals surface area (Å²) in [7, 11) is 1.63. The Labute approximate surface area is 148 Å². The van der Waals surface area contributed by atoms with E-state index in [9.17, 15) is 14.7 Å². The van der Waals surface area contributed by atoms with Crippen molar-refractivity contribution in [3.8, 4) is 5.75 Å². The van der Waals surface area contributed by atoms with Gasteiger partial charge in [-0.2, -0.15) is 0 Å². The van der Waals surface area contributed by atoms with Gasteiger partial charge in [0.25, 0.3) is 0 Å². The number of methoxy groups -OCH3 is 1. The third-order valence-electron chi connectivity index (χ3n) is 5.45. The Bertz CT molecular complexity index is 637. The van der Waals surface area contributed by atoms with E-state index in [1.165, 1.54) is 11.8 Å². The maximum absolute atomic E-state index is 12.9. The molecule has 136 valence electrons. The highest BCUT2D eigenvalue weighted by atomic mass is 16.5. The van der Waals surface area contributed by atoms with Gasteiger partial charge in [0.1, 0.15) is 11.8 Å². The number of aliphatic hydroxyl groups excluding tert-OH is 1. The van der Waals surface area contributed by atoms with Crippen molar-refractivity contribution in [1.29, 1.82) is 0 Å². The highest BCUT2D eigenvalue weighted by Gasteiger charge is 2.43. The summed E-state index contributed by atoms with van der Waals surface area (Å²) in [5.41, 5.74) is 0.659. The Morgan fingerprint density at radius 1 is 1.24 bits per heavy atom. The smallest absolute Gasteiger partial charge is 0.243 e. The summed E-state index contributed by atoms with van der Waals surface area (Å²) in [6, 6.07) is 7.21. The fourth-order valence-corrected chi connectivity index (χ4v) is 4.10. The fourth-order valence-electron chi connectivity index (χ4n) is 4.10. The second-order valence-corrected chi connectivity index (χ2v) is 7.08. The maximum atomic E-state index is 12.9. The number of aliphatic hydroxyl groups is 1. The standard InChI is InChI=1S/C19H26N2O4/c1-13(22)21-12-15(23)11-17(21)18(24)20-19(9-3-4-10-19)14-5-7-16(25-2)8-6-14/h5-8,15,17,23H,3-4,9-12H2,1-2H3,(H,20,24)/t15-,17-/m1/s1. The number of carbonyl (C=O) groups is 2. The number of hydrogen-bond donors (Lipinski definition) is 2. The van der Waals surface area contributed by atoms with Gasteiger partial charge in [-0.1, -0.05) is 25.0 Å². The largest absolute Gasteiger partial charge is 0.497 e. The molecule has 1 aliphatic heterocycles. The van der Waals surface area contributed by atoms with Gasteiger partial charge < -0.3 is 20.1 Å². The zero-order chi connectivity index (χ0) is 18.0. The van der Waals surface area contributed by atoms with Gasteiger partial charge in [-0.05, 0) is 30.5 Å². The van der Waals surface area contributed by atoms with Crippen molar-refractivity contribution in [2.24, 2.45) is 0 Å². The Morgan fingerprint density at radius 2 is 1.88 bits per heavy atom. The molecule has 2 aliphatic rings. The summed E-state index contributed by atoms with van der Waals surface area (Å²) in [6.45, 7) is 1.66. The van der Waals surface area contributed by atoms with Crippen LogP contribution < -0.4 is 10.1 Å². The molecule has 6 nitrogen and oxygen atoms in total. The van der Waals surface area contributed by atoms with Crippen LogP contribution in [0.15, 0.2) is 24.3 Å². The molecule has 2 N–H and O–H groups in total. The molecular weight excluding hydrogens is 320 g/mol. The van der Waals surface area contributed by atoms with E-state index in [4.69, 9.17) is 4.74 Å². The Morgan fingerprint density at radius 3 is 2.44 bits per heavy atom. The highest BCUT2D eigenvalue weighted by molar-refractivity contribution is 5.88. The average Bonchev–Trinajstić information content (AvgIpc) is 3.22. The van der Waals surface area contributed by atoms with E-state index in [0.29, 0.717) is 6.42 Å². The molecule has 0 unspecified atom stereocenters. The molecule has 25 heavy (non-hydrogen) atoms. The molecule has 3 rings (SSSR count). The first-order valence-electron chi connectivity index (χ1n) is 8.87. The van der Waals surface area contributed by atoms with Crippen molar-refractivity contribution in [2.75, 3.05) is 13.7 Å². The van der Waals surface area contributed by atoms with Gasteiger partial charge in [0.15, 0.2) is 0 Å². The number of amides is 2. The summed E-state index contributed by atoms with van der Waals surface area (Å²) >= 11 is 0. The third-order valence-corrected chi connectivity index (χ3v) is 5.45. The van der Waals surface area contributed by atoms with E-state index in [1.807, 2.05) is 24.3 Å². The van der Waals surface area contributed by atoms with Crippen LogP contribution >= 0.6 is 0 Å². The van der Waals surface area contributed by atoms with Crippen LogP contribution in [0.4, 0.5) is 0 Å². The molecule has 1 aromatic carbocycles. The van der Waals surface area contributed by atoms with Crippen LogP contribution in [-0.2, 0) is 15.1 Å². The first-order chi connectivity index (χ1) is 11.9. The lowest BCUT2D eigenvalue weighted by atomic mass is 9.87. The molecule has 0 aromatic heterocycles. The van der Waals surface area contributed by atoms with Crippen LogP contribution in [0.25, 0.3) is 0 Å². The number of nitrogens with zero attached hydrogens (tertiary/aromatic N) is 1. The summed E-state index contributed by atoms with van der Waals surface area (Å²) in [5, 5.41) is 13.1. The van der Waals surface area contributed by atoms with Gasteiger partial charge in [0, 0.05) is 19.9 Å². The van der Waals surface area contributed by atoms with Gasteiger partial charge >= 0.3 is 0 Å². The lowest BCUT2D eigenvalue weighted by Gasteiger charge is -2.34. The molecule has 1 aromatic rings. The molecule has 1 heterocycles. The summed E-state index contributed by atoms with van der Waals surface area (Å²) in [4.78, 5) is 26.2. The topological polar surface area (TPSA) is 78.9 Å². The number of benzene rings is 1. The number of rotatable bonds is 4. The third kappa shape index (κ3) is 3.49. The second kappa shape index (κ2) is 7.04. The van der Waals surface area contributed by atoms with Crippen molar-refractivity contribution in [3.05, 3.63) is 29.8 Å². The number of nitrogens with one attached hydrogen (secondary N) is 1. The SMILES string of the molecule is COc1ccc(C2(NC(=O)[C@H]3C[C@@H](O)CN3C(C)=O)CCCC2)cc1. The number of hydrogen-bond acceptors (Lipinski definition) is 4. The van der Waals surface area contributed by atoms with Crippen LogP contribution in [0.1, 0.15) is 44.6 Å². The molecule has 1 saturated carbocycles. The summed E-state index contributed by atoms with van der Waals surface area (Å²) in [6.07, 6.45) is 3.51. The summed E-state index contributed by atoms with van der Waals surface area (Å²) < 4.78 is 5.22. The van der Waals surface area contributed by atoms with Crippen LogP contribution in [-0.4, -0.2) is 47.6 Å². The molecule has 1 aliphatic carbocycles. The van der Waals surface area contributed by atoms with Crippen LogP contribution in [0.5, 0.6) is 5.75 Å². The Balaban J connectivity index is 1.81. The first-order valence-corrected chi connectivity index (χ1v) is 8.87. The van der Waals surface area contributed by atoms with Gasteiger partial charge in [-0.25, -0.2) is 0 Å². The van der Waals surface area contributed by atoms with Crippen LogP contribution in [0.2, 0.25) is 0 Å². The zero-order valence-corrected chi connectivity index (χ0v) is 14.8. The van der Waals surface area contributed by atoms with E-state index in [0.717, 1.165) is 37.0 Å². The van der Waals surface area contributed by atoms with Gasteiger partial charge in [0.05, 0.1) is 18.8 Å². The number of β-amino-alcohol motifs (C(OH)–C–C–N with tert-alkyl or cyclic N) is 1. The second-order valence-electron chi connectivity index (χ2n) is 7.08. The molecule has 0 spiro atoms. The van der Waals surface area contributed by atoms with Crippen molar-refractivity contribution in [1.82, 2.24) is 10.2 Å². The minimum absolute atomic E-state index is 0.176. The molecule has 0 radical (unpaired) electrons. The Hall–Kier alpha value is -2.08. The van der Waals surface area contributed by atoms with Crippen molar-refractivity contribution < 1.29 is 19.4 Å². The lowest BCUT2D eigenvalue weighted by molar-refractivity contribution is -0.137. The fraction of sp³-hybridized carbons (Fsp3) is 0.579. The van der Waals surface area contributed by atoms with E-state index < -0.39 is 17.7 Å². The van der Waals surface area contributed by atoms with Crippen molar-refractivity contribution in [2.45, 2.75) is 56.7 Å². The Kier molecular flexibility index (Phi) is 4.99. The average molecular weight is 346 g/mol. The molecular formula is C19H26N2O4. The normalized spacial score (nSPS) is 25.0. The molecule has 1 saturated heterocycles. The maximum Gasteiger partial charge on any atom is 0.243 e. The molecule has 2 fully saturated rings. The highest BCUT2D eigenvalue weighted by Crippen LogP contribution is 2.39. The van der Waals surface area contributed by atoms with Crippen molar-refractivity contribution >= 4 is 11.8 Å². The van der Waals surface area contributed by atoms with Gasteiger partial charge in [-0.15, -0.1) is 0 Å². The minimum Gasteiger partial charge on any atom is -0.497 e. The van der Waals surface area contributed by atoms with Crippen LogP contribution in [0.3, 0.4) is 0 Å². The predicted molar refractivity (Wildman–Crippen MR) is 93.1 cm³/mol. The number of ether oxygens (including phenoxy) is 1. The van der Waals surface area contributed by atoms with Gasteiger partial charge in [0.2, 0.25) is 11.8 Å². The molecule has 2 atom stereocenters. The van der Waals surface area contributed by atoms with E-state index in [2.05, 4.69) is 5.32 Å². The van der Waals surface area contributed by atoms with E-state index >= 15 is 0 Å². The summed E-state index contributed by atoms with van der Waals surface area (Å²) in [5.74, 6) is 0.427. The lowest BCUT2D eigenvalue weighted by Crippen LogP contribution is -2.52. The van der Waals surface area contributed by atoms with E-state index in [-0.39, 0.29) is 18.4 Å². The number of likely N-dealkylation sites (tertiary alicyclic amines) is 1. The van der Waals surface area contributed by atoms with E-state index in [1.54, 1.807) is 7.11 Å². The van der Waals surface area contributed by atoms with Crippen LogP contribution in [0, 0.1) is 0 Å². The molecule has 2 amide bonds. The zero-order valence-electron chi connectivity index (χ0n) is 14.8. The first kappa shape index (κ1) is 17.7. The number of carbonyl (C=O) groups excluding carboxylic acids is 2. The monoisotopic (exact) mass is 346 g/mol.